The number of carboxylic acid groups (broad SMARTS) is 1. The summed E-state index contributed by atoms with van der Waals surface area (Å²) in [7, 11) is -3.47. The van der Waals surface area contributed by atoms with E-state index < -0.39 is 16.0 Å². The number of rotatable bonds is 4. The van der Waals surface area contributed by atoms with Crippen molar-refractivity contribution in [2.45, 2.75) is 48.8 Å². The number of carboxylic acids is 1. The van der Waals surface area contributed by atoms with Crippen LogP contribution in [0.1, 0.15) is 37.0 Å². The maximum Gasteiger partial charge on any atom is 0.308 e. The molecule has 1 aliphatic heterocycles. The van der Waals surface area contributed by atoms with Crippen molar-refractivity contribution in [3.05, 3.63) is 17.0 Å². The average Bonchev–Trinajstić information content (AvgIpc) is 3.04. The Kier molecular flexibility index (Phi) is 4.07. The number of carbonyl (C=O) groups is 1. The molecule has 2 unspecified atom stereocenters. The van der Waals surface area contributed by atoms with E-state index in [1.54, 1.807) is 16.4 Å². The normalized spacial score (nSPS) is 26.7. The largest absolute Gasteiger partial charge is 0.481 e. The predicted octanol–water partition coefficient (Wildman–Crippen LogP) is 2.33. The average molecular weight is 329 g/mol. The summed E-state index contributed by atoms with van der Waals surface area (Å²) in [4.78, 5) is 11.3. The van der Waals surface area contributed by atoms with E-state index in [9.17, 15) is 13.2 Å². The van der Waals surface area contributed by atoms with Crippen molar-refractivity contribution in [3.63, 3.8) is 0 Å². The molecule has 0 radical (unpaired) electrons. The van der Waals surface area contributed by atoms with Crippen LogP contribution >= 0.6 is 11.3 Å². The molecule has 3 rings (SSSR count). The summed E-state index contributed by atoms with van der Waals surface area (Å²) >= 11 is 1.08. The number of nitrogens with zero attached hydrogens (tertiary/aromatic N) is 1. The van der Waals surface area contributed by atoms with Crippen LogP contribution in [0.25, 0.3) is 0 Å². The van der Waals surface area contributed by atoms with Crippen LogP contribution in [-0.4, -0.2) is 36.4 Å². The Bertz CT molecular complexity index is 637. The summed E-state index contributed by atoms with van der Waals surface area (Å²) in [5, 5.41) is 8.79. The van der Waals surface area contributed by atoms with E-state index in [4.69, 9.17) is 5.11 Å². The highest BCUT2D eigenvalue weighted by Gasteiger charge is 2.42. The second-order valence-electron chi connectivity index (χ2n) is 5.81. The van der Waals surface area contributed by atoms with Gasteiger partial charge in [-0.1, -0.05) is 12.8 Å². The van der Waals surface area contributed by atoms with Gasteiger partial charge in [-0.15, -0.1) is 11.3 Å². The van der Waals surface area contributed by atoms with Crippen molar-refractivity contribution in [3.8, 4) is 0 Å². The fraction of sp³-hybridized carbons (Fsp3) is 0.643. The molecule has 116 valence electrons. The van der Waals surface area contributed by atoms with Crippen LogP contribution in [0.2, 0.25) is 0 Å². The van der Waals surface area contributed by atoms with Gasteiger partial charge in [0.05, 0.1) is 6.42 Å². The van der Waals surface area contributed by atoms with E-state index in [0.29, 0.717) is 17.3 Å². The van der Waals surface area contributed by atoms with Gasteiger partial charge in [-0.25, -0.2) is 8.42 Å². The molecule has 7 heteroatoms. The summed E-state index contributed by atoms with van der Waals surface area (Å²) in [5.74, 6) is -0.429. The number of thiophene rings is 1. The molecule has 0 amide bonds. The van der Waals surface area contributed by atoms with Gasteiger partial charge in [0.15, 0.2) is 0 Å². The summed E-state index contributed by atoms with van der Waals surface area (Å²) in [5.41, 5.74) is 0. The second kappa shape index (κ2) is 5.70. The first-order valence-electron chi connectivity index (χ1n) is 7.31. The Morgan fingerprint density at radius 3 is 2.81 bits per heavy atom. The third-order valence-electron chi connectivity index (χ3n) is 4.48. The third-order valence-corrected chi connectivity index (χ3v) is 7.96. The molecule has 0 bridgehead atoms. The lowest BCUT2D eigenvalue weighted by Gasteiger charge is -2.30. The van der Waals surface area contributed by atoms with E-state index in [-0.39, 0.29) is 16.7 Å². The lowest BCUT2D eigenvalue weighted by molar-refractivity contribution is -0.136. The lowest BCUT2D eigenvalue weighted by Crippen LogP contribution is -2.38. The van der Waals surface area contributed by atoms with Gasteiger partial charge < -0.3 is 5.11 Å². The zero-order chi connectivity index (χ0) is 15.0. The Morgan fingerprint density at radius 1 is 1.29 bits per heavy atom. The maximum absolute atomic E-state index is 12.8. The van der Waals surface area contributed by atoms with Crippen LogP contribution in [-0.2, 0) is 21.2 Å². The molecule has 5 nitrogen and oxygen atoms in total. The first-order chi connectivity index (χ1) is 9.98. The standard InChI is InChI=1S/C14H19NO4S2/c16-13(17)9-11-5-6-14(20-11)21(18,19)15-8-7-10-3-1-2-4-12(10)15/h5-6,10,12H,1-4,7-9H2,(H,16,17). The van der Waals surface area contributed by atoms with Crippen molar-refractivity contribution in [1.29, 1.82) is 0 Å². The van der Waals surface area contributed by atoms with E-state index in [1.165, 1.54) is 6.42 Å². The summed E-state index contributed by atoms with van der Waals surface area (Å²) in [6.45, 7) is 0.601. The van der Waals surface area contributed by atoms with Gasteiger partial charge in [-0.05, 0) is 37.3 Å². The van der Waals surface area contributed by atoms with Crippen LogP contribution in [0.15, 0.2) is 16.3 Å². The summed E-state index contributed by atoms with van der Waals surface area (Å²) in [6.07, 6.45) is 5.23. The van der Waals surface area contributed by atoms with Gasteiger partial charge in [0, 0.05) is 17.5 Å². The number of fused-ring (bicyclic) bond motifs is 1. The molecule has 0 spiro atoms. The molecule has 0 aromatic carbocycles. The van der Waals surface area contributed by atoms with Crippen molar-refractivity contribution < 1.29 is 18.3 Å². The molecular formula is C14H19NO4S2. The number of sulfonamides is 1. The maximum atomic E-state index is 12.8. The number of hydrogen-bond donors (Lipinski definition) is 1. The third kappa shape index (κ3) is 2.86. The second-order valence-corrected chi connectivity index (χ2v) is 9.09. The SMILES string of the molecule is O=C(O)Cc1ccc(S(=O)(=O)N2CCC3CCCCC32)s1. The summed E-state index contributed by atoms with van der Waals surface area (Å²) < 4.78 is 27.5. The fourth-order valence-corrected chi connectivity index (χ4v) is 6.72. The highest BCUT2D eigenvalue weighted by atomic mass is 32.2. The molecule has 2 atom stereocenters. The zero-order valence-corrected chi connectivity index (χ0v) is 13.3. The molecule has 1 aromatic rings. The zero-order valence-electron chi connectivity index (χ0n) is 11.7. The highest BCUT2D eigenvalue weighted by molar-refractivity contribution is 7.91. The first-order valence-corrected chi connectivity index (χ1v) is 9.56. The molecule has 2 heterocycles. The molecule has 2 fully saturated rings. The van der Waals surface area contributed by atoms with Crippen LogP contribution < -0.4 is 0 Å². The van der Waals surface area contributed by atoms with Crippen LogP contribution in [0, 0.1) is 5.92 Å². The van der Waals surface area contributed by atoms with Crippen LogP contribution in [0.4, 0.5) is 0 Å². The van der Waals surface area contributed by atoms with Gasteiger partial charge in [0.2, 0.25) is 0 Å². The molecule has 1 aromatic heterocycles. The Balaban J connectivity index is 1.83. The Hall–Kier alpha value is -0.920. The van der Waals surface area contributed by atoms with E-state index >= 15 is 0 Å². The minimum Gasteiger partial charge on any atom is -0.481 e. The van der Waals surface area contributed by atoms with Crippen LogP contribution in [0.5, 0.6) is 0 Å². The number of hydrogen-bond acceptors (Lipinski definition) is 4. The molecule has 21 heavy (non-hydrogen) atoms. The van der Waals surface area contributed by atoms with Gasteiger partial charge in [-0.2, -0.15) is 4.31 Å². The minimum atomic E-state index is -3.47. The van der Waals surface area contributed by atoms with Gasteiger partial charge in [0.25, 0.3) is 10.0 Å². The minimum absolute atomic E-state index is 0.119. The first kappa shape index (κ1) is 15.0. The smallest absolute Gasteiger partial charge is 0.308 e. The van der Waals surface area contributed by atoms with Gasteiger partial charge in [0.1, 0.15) is 4.21 Å². The van der Waals surface area contributed by atoms with Gasteiger partial charge in [-0.3, -0.25) is 4.79 Å². The number of aliphatic carboxylic acids is 1. The van der Waals surface area contributed by atoms with Crippen molar-refractivity contribution in [2.24, 2.45) is 5.92 Å². The Labute approximate surface area is 128 Å². The van der Waals surface area contributed by atoms with E-state index in [1.807, 2.05) is 0 Å². The van der Waals surface area contributed by atoms with Crippen LogP contribution in [0.3, 0.4) is 0 Å². The molecule has 1 N–H and O–H groups in total. The Morgan fingerprint density at radius 2 is 2.05 bits per heavy atom. The molecule has 1 saturated heterocycles. The fourth-order valence-electron chi connectivity index (χ4n) is 3.52. The van der Waals surface area contributed by atoms with Crippen molar-refractivity contribution in [2.75, 3.05) is 6.54 Å². The molecule has 2 aliphatic rings. The van der Waals surface area contributed by atoms with Gasteiger partial charge >= 0.3 is 5.97 Å². The predicted molar refractivity (Wildman–Crippen MR) is 79.9 cm³/mol. The monoisotopic (exact) mass is 329 g/mol. The highest BCUT2D eigenvalue weighted by Crippen LogP contribution is 2.40. The van der Waals surface area contributed by atoms with Crippen molar-refractivity contribution >= 4 is 27.3 Å². The van der Waals surface area contributed by atoms with E-state index in [0.717, 1.165) is 37.0 Å². The van der Waals surface area contributed by atoms with E-state index in [2.05, 4.69) is 0 Å². The molecule has 1 aliphatic carbocycles. The topological polar surface area (TPSA) is 74.7 Å². The molecule has 1 saturated carbocycles. The quantitative estimate of drug-likeness (QED) is 0.920. The molecular weight excluding hydrogens is 310 g/mol. The summed E-state index contributed by atoms with van der Waals surface area (Å²) in [6, 6.07) is 3.31. The van der Waals surface area contributed by atoms with Crippen molar-refractivity contribution in [1.82, 2.24) is 4.31 Å². The lowest BCUT2D eigenvalue weighted by atomic mass is 9.86.